The van der Waals surface area contributed by atoms with Crippen molar-refractivity contribution in [3.8, 4) is 30.4 Å². The van der Waals surface area contributed by atoms with Crippen molar-refractivity contribution < 1.29 is 22.3 Å². The Labute approximate surface area is 126 Å². The molecule has 0 N–H and O–H groups in total. The summed E-state index contributed by atoms with van der Waals surface area (Å²) in [6.45, 7) is 0.0179. The van der Waals surface area contributed by atoms with Crippen molar-refractivity contribution in [2.75, 3.05) is 6.61 Å². The maximum Gasteiger partial charge on any atom is 0.392 e. The lowest BCUT2D eigenvalue weighted by atomic mass is 10.0. The monoisotopic (exact) mass is 308 g/mol. The second-order valence-corrected chi connectivity index (χ2v) is 4.12. The van der Waals surface area contributed by atoms with E-state index in [2.05, 4.69) is 11.8 Å². The van der Waals surface area contributed by atoms with Crippen molar-refractivity contribution in [1.82, 2.24) is 0 Å². The van der Waals surface area contributed by atoms with Gasteiger partial charge in [-0.3, -0.25) is 0 Å². The van der Waals surface area contributed by atoms with E-state index in [1.54, 1.807) is 12.1 Å². The third-order valence-corrected chi connectivity index (χ3v) is 2.46. The predicted molar refractivity (Wildman–Crippen MR) is 77.4 cm³/mol. The van der Waals surface area contributed by atoms with E-state index in [0.717, 1.165) is 6.08 Å². The first-order valence-electron chi connectivity index (χ1n) is 6.13. The summed E-state index contributed by atoms with van der Waals surface area (Å²) in [5, 5.41) is 0. The van der Waals surface area contributed by atoms with Crippen LogP contribution in [-0.4, -0.2) is 12.8 Å². The molecule has 114 valence electrons. The van der Waals surface area contributed by atoms with Gasteiger partial charge in [-0.05, 0) is 29.8 Å². The lowest BCUT2D eigenvalue weighted by Crippen LogP contribution is -2.04. The van der Waals surface area contributed by atoms with E-state index in [1.807, 2.05) is 0 Å². The Kier molecular flexibility index (Phi) is 6.28. The number of halogens is 4. The highest BCUT2D eigenvalue weighted by Gasteiger charge is 2.26. The van der Waals surface area contributed by atoms with Gasteiger partial charge in [-0.25, -0.2) is 4.39 Å². The van der Waals surface area contributed by atoms with Gasteiger partial charge < -0.3 is 4.74 Å². The van der Waals surface area contributed by atoms with E-state index < -0.39 is 18.4 Å². The number of hydrogen-bond donors (Lipinski definition) is 0. The van der Waals surface area contributed by atoms with Gasteiger partial charge >= 0.3 is 6.18 Å². The summed E-state index contributed by atoms with van der Waals surface area (Å²) in [4.78, 5) is 0. The molecule has 1 rings (SSSR count). The zero-order chi connectivity index (χ0) is 16.6. The van der Waals surface area contributed by atoms with Gasteiger partial charge in [-0.2, -0.15) is 13.2 Å². The van der Waals surface area contributed by atoms with Gasteiger partial charge in [0, 0.05) is 5.57 Å². The summed E-state index contributed by atoms with van der Waals surface area (Å²) in [6, 6.07) is 6.10. The fraction of sp³-hybridized carbons (Fsp3) is 0.176. The van der Waals surface area contributed by atoms with Crippen molar-refractivity contribution in [3.05, 3.63) is 47.8 Å². The molecule has 1 aromatic rings. The summed E-state index contributed by atoms with van der Waals surface area (Å²) in [6.07, 6.45) is 5.80. The van der Waals surface area contributed by atoms with Crippen LogP contribution in [0.3, 0.4) is 0 Å². The van der Waals surface area contributed by atoms with Crippen LogP contribution < -0.4 is 4.74 Å². The number of benzene rings is 1. The van der Waals surface area contributed by atoms with Gasteiger partial charge in [-0.15, -0.1) is 12.8 Å². The van der Waals surface area contributed by atoms with Crippen LogP contribution in [0.25, 0.3) is 5.57 Å². The fourth-order valence-corrected chi connectivity index (χ4v) is 1.57. The Balaban J connectivity index is 3.10. The highest BCUT2D eigenvalue weighted by atomic mass is 19.4. The van der Waals surface area contributed by atoms with Crippen LogP contribution in [0.4, 0.5) is 17.6 Å². The normalized spacial score (nSPS) is 12.5. The maximum atomic E-state index is 14.0. The van der Waals surface area contributed by atoms with Crippen LogP contribution >= 0.6 is 0 Å². The molecule has 0 fully saturated rings. The molecule has 22 heavy (non-hydrogen) atoms. The van der Waals surface area contributed by atoms with Gasteiger partial charge in [0.05, 0.1) is 6.42 Å². The Morgan fingerprint density at radius 1 is 1.27 bits per heavy atom. The molecule has 1 aromatic carbocycles. The number of ether oxygens (including phenoxy) is 1. The minimum Gasteiger partial charge on any atom is -0.481 e. The minimum absolute atomic E-state index is 0.0179. The van der Waals surface area contributed by atoms with Crippen LogP contribution in [0.5, 0.6) is 5.75 Å². The van der Waals surface area contributed by atoms with E-state index >= 15 is 0 Å². The maximum absolute atomic E-state index is 14.0. The third-order valence-electron chi connectivity index (χ3n) is 2.46. The smallest absolute Gasteiger partial charge is 0.392 e. The van der Waals surface area contributed by atoms with Gasteiger partial charge in [0.1, 0.15) is 18.2 Å². The molecule has 0 heterocycles. The van der Waals surface area contributed by atoms with E-state index in [4.69, 9.17) is 17.6 Å². The molecular weight excluding hydrogens is 296 g/mol. The molecule has 0 unspecified atom stereocenters. The molecule has 0 saturated carbocycles. The van der Waals surface area contributed by atoms with E-state index in [0.29, 0.717) is 17.4 Å². The van der Waals surface area contributed by atoms with E-state index in [9.17, 15) is 17.6 Å². The molecule has 0 bridgehead atoms. The zero-order valence-corrected chi connectivity index (χ0v) is 11.5. The molecule has 0 aliphatic carbocycles. The van der Waals surface area contributed by atoms with Crippen molar-refractivity contribution in [3.63, 3.8) is 0 Å². The van der Waals surface area contributed by atoms with Crippen molar-refractivity contribution in [2.45, 2.75) is 12.6 Å². The average Bonchev–Trinajstić information content (AvgIpc) is 2.47. The second kappa shape index (κ2) is 7.95. The predicted octanol–water partition coefficient (Wildman–Crippen LogP) is 4.52. The largest absolute Gasteiger partial charge is 0.481 e. The fourth-order valence-electron chi connectivity index (χ4n) is 1.57. The highest BCUT2D eigenvalue weighted by Crippen LogP contribution is 2.29. The van der Waals surface area contributed by atoms with Crippen molar-refractivity contribution >= 4 is 5.57 Å². The molecular formula is C17H12F4O. The third kappa shape index (κ3) is 5.76. The standard InChI is InChI=1S/C17H12F4O/c1-3-6-15(16(18)9-10-17(19,20)21)13-7-5-8-14(12-13)22-11-4-2/h1-2,5-9,12H,10-11H2/b15-6-,16-9+. The Hall–Kier alpha value is -2.66. The number of hydrogen-bond acceptors (Lipinski definition) is 1. The van der Waals surface area contributed by atoms with Gasteiger partial charge in [-0.1, -0.05) is 24.0 Å². The number of alkyl halides is 3. The summed E-state index contributed by atoms with van der Waals surface area (Å²) >= 11 is 0. The topological polar surface area (TPSA) is 9.23 Å². The summed E-state index contributed by atoms with van der Waals surface area (Å²) in [7, 11) is 0. The molecule has 0 amide bonds. The van der Waals surface area contributed by atoms with E-state index in [-0.39, 0.29) is 12.2 Å². The second-order valence-electron chi connectivity index (χ2n) is 4.12. The molecule has 1 nitrogen and oxygen atoms in total. The first-order valence-corrected chi connectivity index (χ1v) is 6.13. The molecule has 0 saturated heterocycles. The molecule has 0 aliphatic heterocycles. The van der Waals surface area contributed by atoms with Crippen molar-refractivity contribution in [2.24, 2.45) is 0 Å². The molecule has 0 spiro atoms. The van der Waals surface area contributed by atoms with Gasteiger partial charge in [0.15, 0.2) is 0 Å². The number of allylic oxidation sites excluding steroid dienone is 4. The van der Waals surface area contributed by atoms with Gasteiger partial charge in [0.2, 0.25) is 0 Å². The summed E-state index contributed by atoms with van der Waals surface area (Å²) < 4.78 is 55.6. The Morgan fingerprint density at radius 2 is 2.00 bits per heavy atom. The van der Waals surface area contributed by atoms with Crippen LogP contribution in [-0.2, 0) is 0 Å². The minimum atomic E-state index is -4.49. The first-order chi connectivity index (χ1) is 10.4. The lowest BCUT2D eigenvalue weighted by Gasteiger charge is -2.08. The quantitative estimate of drug-likeness (QED) is 0.441. The summed E-state index contributed by atoms with van der Waals surface area (Å²) in [5.74, 6) is 3.69. The van der Waals surface area contributed by atoms with Crippen LogP contribution in [0, 0.1) is 24.7 Å². The Bertz CT molecular complexity index is 654. The summed E-state index contributed by atoms with van der Waals surface area (Å²) in [5.41, 5.74) is 0.168. The van der Waals surface area contributed by atoms with Crippen molar-refractivity contribution in [1.29, 1.82) is 0 Å². The number of terminal acetylenes is 2. The molecule has 0 aliphatic rings. The zero-order valence-electron chi connectivity index (χ0n) is 11.5. The number of rotatable bonds is 5. The molecule has 5 heteroatoms. The van der Waals surface area contributed by atoms with Crippen LogP contribution in [0.15, 0.2) is 42.2 Å². The molecule has 0 aromatic heterocycles. The van der Waals surface area contributed by atoms with E-state index in [1.165, 1.54) is 12.1 Å². The Morgan fingerprint density at radius 3 is 2.59 bits per heavy atom. The van der Waals surface area contributed by atoms with Crippen LogP contribution in [0.1, 0.15) is 12.0 Å². The lowest BCUT2D eigenvalue weighted by molar-refractivity contribution is -0.125. The van der Waals surface area contributed by atoms with Gasteiger partial charge in [0.25, 0.3) is 0 Å². The highest BCUT2D eigenvalue weighted by molar-refractivity contribution is 5.79. The molecule has 0 radical (unpaired) electrons. The van der Waals surface area contributed by atoms with Crippen LogP contribution in [0.2, 0.25) is 0 Å². The average molecular weight is 308 g/mol. The first kappa shape index (κ1) is 17.4. The molecule has 0 atom stereocenters. The SMILES string of the molecule is C#C/C=C(\C(F)=C/CC(F)(F)F)c1cccc(OCC#C)c1.